The maximum Gasteiger partial charge on any atom is 0.105 e. The van der Waals surface area contributed by atoms with Gasteiger partial charge >= 0.3 is 0 Å². The predicted octanol–water partition coefficient (Wildman–Crippen LogP) is 0.978. The molecule has 2 aromatic rings. The van der Waals surface area contributed by atoms with Gasteiger partial charge in [0, 0.05) is 11.6 Å². The number of nitrogens with two attached hydrogens (primary N) is 1. The van der Waals surface area contributed by atoms with Crippen LogP contribution in [0.3, 0.4) is 0 Å². The topological polar surface area (TPSA) is 79.4 Å². The molecule has 90 valence electrons. The molecule has 0 aliphatic rings. The van der Waals surface area contributed by atoms with E-state index in [1.165, 1.54) is 0 Å². The molecule has 1 aromatic carbocycles. The normalized spacial score (nSPS) is 14.8. The standard InChI is InChI=1S/C13H16N2O2/c14-6-5-12(16)13(17)10-3-4-11-9(8-10)2-1-7-15-11/h1-4,7-8,12-13,16-17H,5-6,14H2. The van der Waals surface area contributed by atoms with Crippen molar-refractivity contribution in [3.63, 3.8) is 0 Å². The fourth-order valence-electron chi connectivity index (χ4n) is 1.83. The Labute approximate surface area is 99.7 Å². The Morgan fingerprint density at radius 1 is 1.24 bits per heavy atom. The zero-order chi connectivity index (χ0) is 12.3. The molecule has 1 heterocycles. The Morgan fingerprint density at radius 3 is 2.82 bits per heavy atom. The third kappa shape index (κ3) is 2.61. The highest BCUT2D eigenvalue weighted by Gasteiger charge is 2.17. The van der Waals surface area contributed by atoms with E-state index in [1.54, 1.807) is 12.3 Å². The fraction of sp³-hybridized carbons (Fsp3) is 0.308. The number of benzene rings is 1. The van der Waals surface area contributed by atoms with Crippen LogP contribution in [0.4, 0.5) is 0 Å². The monoisotopic (exact) mass is 232 g/mol. The molecule has 2 rings (SSSR count). The van der Waals surface area contributed by atoms with Crippen LogP contribution in [0, 0.1) is 0 Å². The number of aromatic nitrogens is 1. The molecule has 2 atom stereocenters. The third-order valence-corrected chi connectivity index (χ3v) is 2.80. The second-order valence-corrected chi connectivity index (χ2v) is 4.05. The summed E-state index contributed by atoms with van der Waals surface area (Å²) >= 11 is 0. The Hall–Kier alpha value is -1.49. The third-order valence-electron chi connectivity index (χ3n) is 2.80. The molecule has 0 aliphatic heterocycles. The fourth-order valence-corrected chi connectivity index (χ4v) is 1.83. The number of hydrogen-bond donors (Lipinski definition) is 3. The molecule has 0 saturated carbocycles. The average Bonchev–Trinajstić information content (AvgIpc) is 2.37. The molecule has 0 fully saturated rings. The van der Waals surface area contributed by atoms with Gasteiger partial charge in [0.05, 0.1) is 11.6 Å². The quantitative estimate of drug-likeness (QED) is 0.734. The van der Waals surface area contributed by atoms with Gasteiger partial charge in [-0.2, -0.15) is 0 Å². The number of aliphatic hydroxyl groups is 2. The Bertz CT molecular complexity index is 501. The van der Waals surface area contributed by atoms with Crippen molar-refractivity contribution in [2.75, 3.05) is 6.54 Å². The Balaban J connectivity index is 2.29. The first kappa shape index (κ1) is 12.0. The maximum absolute atomic E-state index is 9.95. The van der Waals surface area contributed by atoms with E-state index in [4.69, 9.17) is 5.73 Å². The van der Waals surface area contributed by atoms with Crippen LogP contribution in [-0.4, -0.2) is 27.8 Å². The zero-order valence-corrected chi connectivity index (χ0v) is 9.45. The molecule has 17 heavy (non-hydrogen) atoms. The van der Waals surface area contributed by atoms with Crippen LogP contribution in [-0.2, 0) is 0 Å². The average molecular weight is 232 g/mol. The van der Waals surface area contributed by atoms with Crippen LogP contribution >= 0.6 is 0 Å². The summed E-state index contributed by atoms with van der Waals surface area (Å²) in [4.78, 5) is 4.20. The minimum Gasteiger partial charge on any atom is -0.390 e. The van der Waals surface area contributed by atoms with Gasteiger partial charge in [0.15, 0.2) is 0 Å². The van der Waals surface area contributed by atoms with Crippen LogP contribution < -0.4 is 5.73 Å². The second-order valence-electron chi connectivity index (χ2n) is 4.05. The number of aliphatic hydroxyl groups excluding tert-OH is 2. The van der Waals surface area contributed by atoms with Crippen LogP contribution in [0.5, 0.6) is 0 Å². The smallest absolute Gasteiger partial charge is 0.105 e. The van der Waals surface area contributed by atoms with E-state index < -0.39 is 12.2 Å². The van der Waals surface area contributed by atoms with Gasteiger partial charge in [0.1, 0.15) is 6.10 Å². The van der Waals surface area contributed by atoms with Gasteiger partial charge in [-0.25, -0.2) is 0 Å². The van der Waals surface area contributed by atoms with E-state index in [0.717, 1.165) is 10.9 Å². The summed E-state index contributed by atoms with van der Waals surface area (Å²) in [6, 6.07) is 9.22. The van der Waals surface area contributed by atoms with Crippen LogP contribution in [0.1, 0.15) is 18.1 Å². The Kier molecular flexibility index (Phi) is 3.68. The first-order valence-electron chi connectivity index (χ1n) is 5.63. The number of hydrogen-bond acceptors (Lipinski definition) is 4. The Morgan fingerprint density at radius 2 is 2.06 bits per heavy atom. The lowest BCUT2D eigenvalue weighted by molar-refractivity contribution is 0.0151. The van der Waals surface area contributed by atoms with Crippen LogP contribution in [0.15, 0.2) is 36.5 Å². The van der Waals surface area contributed by atoms with Gasteiger partial charge in [-0.05, 0) is 36.7 Å². The maximum atomic E-state index is 9.95. The summed E-state index contributed by atoms with van der Waals surface area (Å²) in [6.07, 6.45) is 0.380. The van der Waals surface area contributed by atoms with Crippen molar-refractivity contribution < 1.29 is 10.2 Å². The lowest BCUT2D eigenvalue weighted by Crippen LogP contribution is -2.21. The SMILES string of the molecule is NCCC(O)C(O)c1ccc2ncccc2c1. The van der Waals surface area contributed by atoms with E-state index in [-0.39, 0.29) is 0 Å². The van der Waals surface area contributed by atoms with Gasteiger partial charge in [-0.15, -0.1) is 0 Å². The summed E-state index contributed by atoms with van der Waals surface area (Å²) in [6.45, 7) is 0.355. The van der Waals surface area contributed by atoms with Gasteiger partial charge in [-0.3, -0.25) is 4.98 Å². The highest BCUT2D eigenvalue weighted by Crippen LogP contribution is 2.22. The van der Waals surface area contributed by atoms with E-state index >= 15 is 0 Å². The summed E-state index contributed by atoms with van der Waals surface area (Å²) in [5, 5.41) is 20.6. The molecular formula is C13H16N2O2. The minimum absolute atomic E-state index is 0.355. The molecule has 0 amide bonds. The first-order chi connectivity index (χ1) is 8.22. The van der Waals surface area contributed by atoms with Crippen molar-refractivity contribution >= 4 is 10.9 Å². The van der Waals surface area contributed by atoms with Gasteiger partial charge in [0.2, 0.25) is 0 Å². The van der Waals surface area contributed by atoms with E-state index in [1.807, 2.05) is 24.3 Å². The van der Waals surface area contributed by atoms with Crippen molar-refractivity contribution in [2.45, 2.75) is 18.6 Å². The molecule has 4 nitrogen and oxygen atoms in total. The molecule has 0 saturated heterocycles. The zero-order valence-electron chi connectivity index (χ0n) is 9.45. The summed E-state index contributed by atoms with van der Waals surface area (Å²) in [7, 11) is 0. The molecule has 0 bridgehead atoms. The van der Waals surface area contributed by atoms with Crippen LogP contribution in [0.2, 0.25) is 0 Å². The summed E-state index contributed by atoms with van der Waals surface area (Å²) in [5.41, 5.74) is 6.91. The molecule has 4 N–H and O–H groups in total. The molecule has 4 heteroatoms. The molecule has 0 spiro atoms. The number of pyridine rings is 1. The second kappa shape index (κ2) is 5.23. The van der Waals surface area contributed by atoms with Crippen molar-refractivity contribution in [1.29, 1.82) is 0 Å². The van der Waals surface area contributed by atoms with Crippen molar-refractivity contribution in [1.82, 2.24) is 4.98 Å². The molecule has 0 aliphatic carbocycles. The van der Waals surface area contributed by atoms with Gasteiger partial charge in [-0.1, -0.05) is 12.1 Å². The largest absolute Gasteiger partial charge is 0.390 e. The lowest BCUT2D eigenvalue weighted by Gasteiger charge is -2.17. The van der Waals surface area contributed by atoms with E-state index in [0.29, 0.717) is 18.5 Å². The van der Waals surface area contributed by atoms with Crippen molar-refractivity contribution in [3.05, 3.63) is 42.1 Å². The highest BCUT2D eigenvalue weighted by atomic mass is 16.3. The minimum atomic E-state index is -0.900. The van der Waals surface area contributed by atoms with E-state index in [9.17, 15) is 10.2 Å². The molecule has 0 radical (unpaired) electrons. The summed E-state index contributed by atoms with van der Waals surface area (Å²) < 4.78 is 0. The highest BCUT2D eigenvalue weighted by molar-refractivity contribution is 5.79. The lowest BCUT2D eigenvalue weighted by atomic mass is 10.0. The first-order valence-corrected chi connectivity index (χ1v) is 5.63. The van der Waals surface area contributed by atoms with Crippen LogP contribution in [0.25, 0.3) is 10.9 Å². The van der Waals surface area contributed by atoms with Gasteiger partial charge in [0.25, 0.3) is 0 Å². The molecular weight excluding hydrogens is 216 g/mol. The molecule has 2 unspecified atom stereocenters. The van der Waals surface area contributed by atoms with Crippen molar-refractivity contribution in [2.24, 2.45) is 5.73 Å². The predicted molar refractivity (Wildman–Crippen MR) is 66.4 cm³/mol. The number of fused-ring (bicyclic) bond motifs is 1. The number of rotatable bonds is 4. The summed E-state index contributed by atoms with van der Waals surface area (Å²) in [5.74, 6) is 0. The number of nitrogens with zero attached hydrogens (tertiary/aromatic N) is 1. The van der Waals surface area contributed by atoms with Gasteiger partial charge < -0.3 is 15.9 Å². The molecule has 1 aromatic heterocycles. The van der Waals surface area contributed by atoms with Crippen molar-refractivity contribution in [3.8, 4) is 0 Å². The van der Waals surface area contributed by atoms with E-state index in [2.05, 4.69) is 4.98 Å².